The van der Waals surface area contributed by atoms with Gasteiger partial charge >= 0.3 is 12.0 Å². The number of amides is 2. The fraction of sp³-hybridized carbons (Fsp3) is 0.250. The first kappa shape index (κ1) is 16.0. The minimum Gasteiger partial charge on any atom is -0.478 e. The van der Waals surface area contributed by atoms with Crippen molar-refractivity contribution in [1.82, 2.24) is 5.32 Å². The SMILES string of the molecule is CCNC(=O)Nc1sc(CC)c(-c2ccccc2)c1C(=O)O. The third-order valence-corrected chi connectivity index (χ3v) is 4.39. The van der Waals surface area contributed by atoms with Gasteiger partial charge in [0.2, 0.25) is 0 Å². The van der Waals surface area contributed by atoms with Gasteiger partial charge in [0.05, 0.1) is 0 Å². The lowest BCUT2D eigenvalue weighted by Gasteiger charge is -2.06. The Labute approximate surface area is 133 Å². The summed E-state index contributed by atoms with van der Waals surface area (Å²) >= 11 is 1.31. The lowest BCUT2D eigenvalue weighted by molar-refractivity contribution is 0.0699. The zero-order valence-electron chi connectivity index (χ0n) is 12.5. The second-order valence-corrected chi connectivity index (χ2v) is 5.72. The van der Waals surface area contributed by atoms with E-state index in [0.29, 0.717) is 23.5 Å². The van der Waals surface area contributed by atoms with Crippen molar-refractivity contribution in [2.45, 2.75) is 20.3 Å². The summed E-state index contributed by atoms with van der Waals surface area (Å²) in [6.45, 7) is 4.25. The molecule has 0 saturated carbocycles. The first-order valence-corrected chi connectivity index (χ1v) is 7.89. The Hall–Kier alpha value is -2.34. The molecule has 5 nitrogen and oxygen atoms in total. The number of hydrogen-bond acceptors (Lipinski definition) is 3. The second kappa shape index (κ2) is 7.09. The van der Waals surface area contributed by atoms with Gasteiger partial charge in [0.1, 0.15) is 10.6 Å². The van der Waals surface area contributed by atoms with Gasteiger partial charge < -0.3 is 10.4 Å². The Morgan fingerprint density at radius 3 is 2.41 bits per heavy atom. The highest BCUT2D eigenvalue weighted by molar-refractivity contribution is 7.17. The van der Waals surface area contributed by atoms with Gasteiger partial charge in [0.25, 0.3) is 0 Å². The molecule has 0 aliphatic carbocycles. The van der Waals surface area contributed by atoms with Gasteiger partial charge in [0.15, 0.2) is 0 Å². The first-order chi connectivity index (χ1) is 10.6. The van der Waals surface area contributed by atoms with E-state index in [4.69, 9.17) is 0 Å². The molecule has 1 heterocycles. The monoisotopic (exact) mass is 318 g/mol. The van der Waals surface area contributed by atoms with E-state index in [0.717, 1.165) is 10.4 Å². The number of carboxylic acid groups (broad SMARTS) is 1. The minimum atomic E-state index is -1.04. The number of hydrogen-bond donors (Lipinski definition) is 3. The number of benzene rings is 1. The summed E-state index contributed by atoms with van der Waals surface area (Å²) in [6.07, 6.45) is 0.701. The molecule has 6 heteroatoms. The fourth-order valence-electron chi connectivity index (χ4n) is 2.24. The number of aromatic carboxylic acids is 1. The highest BCUT2D eigenvalue weighted by Crippen LogP contribution is 2.40. The van der Waals surface area contributed by atoms with Crippen LogP contribution in [0.25, 0.3) is 11.1 Å². The van der Waals surface area contributed by atoms with E-state index in [1.807, 2.05) is 37.3 Å². The van der Waals surface area contributed by atoms with Crippen LogP contribution < -0.4 is 10.6 Å². The van der Waals surface area contributed by atoms with E-state index in [-0.39, 0.29) is 5.56 Å². The Bertz CT molecular complexity index is 680. The summed E-state index contributed by atoms with van der Waals surface area (Å²) < 4.78 is 0. The fourth-order valence-corrected chi connectivity index (χ4v) is 3.39. The van der Waals surface area contributed by atoms with Gasteiger partial charge in [-0.3, -0.25) is 5.32 Å². The topological polar surface area (TPSA) is 78.4 Å². The molecule has 3 N–H and O–H groups in total. The number of nitrogens with one attached hydrogen (secondary N) is 2. The van der Waals surface area contributed by atoms with E-state index in [9.17, 15) is 14.7 Å². The lowest BCUT2D eigenvalue weighted by Crippen LogP contribution is -2.28. The zero-order chi connectivity index (χ0) is 16.1. The van der Waals surface area contributed by atoms with Gasteiger partial charge in [0, 0.05) is 17.0 Å². The number of anilines is 1. The number of urea groups is 1. The van der Waals surface area contributed by atoms with Crippen LogP contribution in [0.3, 0.4) is 0 Å². The summed E-state index contributed by atoms with van der Waals surface area (Å²) in [6, 6.07) is 8.99. The van der Waals surface area contributed by atoms with Crippen LogP contribution >= 0.6 is 11.3 Å². The van der Waals surface area contributed by atoms with E-state index in [1.165, 1.54) is 11.3 Å². The van der Waals surface area contributed by atoms with Crippen molar-refractivity contribution < 1.29 is 14.7 Å². The molecule has 2 rings (SSSR count). The molecule has 0 spiro atoms. The number of carboxylic acids is 1. The van der Waals surface area contributed by atoms with E-state index >= 15 is 0 Å². The smallest absolute Gasteiger partial charge is 0.339 e. The molecule has 0 bridgehead atoms. The minimum absolute atomic E-state index is 0.152. The summed E-state index contributed by atoms with van der Waals surface area (Å²) in [4.78, 5) is 24.4. The largest absolute Gasteiger partial charge is 0.478 e. The van der Waals surface area contributed by atoms with Crippen molar-refractivity contribution in [3.05, 3.63) is 40.8 Å². The molecule has 2 amide bonds. The van der Waals surface area contributed by atoms with Crippen LogP contribution in [0.15, 0.2) is 30.3 Å². The van der Waals surface area contributed by atoms with E-state index in [1.54, 1.807) is 6.92 Å². The Morgan fingerprint density at radius 1 is 1.18 bits per heavy atom. The quantitative estimate of drug-likeness (QED) is 0.784. The first-order valence-electron chi connectivity index (χ1n) is 7.07. The predicted octanol–water partition coefficient (Wildman–Crippen LogP) is 3.82. The highest BCUT2D eigenvalue weighted by Gasteiger charge is 2.24. The molecule has 0 atom stereocenters. The highest BCUT2D eigenvalue weighted by atomic mass is 32.1. The van der Waals surface area contributed by atoms with Crippen molar-refractivity contribution in [3.8, 4) is 11.1 Å². The Kier molecular flexibility index (Phi) is 5.16. The van der Waals surface area contributed by atoms with Crippen molar-refractivity contribution in [2.75, 3.05) is 11.9 Å². The summed E-state index contributed by atoms with van der Waals surface area (Å²) in [5.41, 5.74) is 1.68. The Balaban J connectivity index is 2.55. The maximum atomic E-state index is 11.7. The molecular weight excluding hydrogens is 300 g/mol. The molecule has 1 aromatic heterocycles. The molecule has 1 aromatic carbocycles. The molecule has 0 unspecified atom stereocenters. The number of carbonyl (C=O) groups is 2. The van der Waals surface area contributed by atoms with Crippen LogP contribution in [-0.2, 0) is 6.42 Å². The van der Waals surface area contributed by atoms with Crippen LogP contribution in [0.5, 0.6) is 0 Å². The molecule has 0 radical (unpaired) electrons. The van der Waals surface area contributed by atoms with E-state index in [2.05, 4.69) is 10.6 Å². The molecule has 116 valence electrons. The van der Waals surface area contributed by atoms with Gasteiger partial charge in [-0.15, -0.1) is 11.3 Å². The number of thiophene rings is 1. The Morgan fingerprint density at radius 2 is 1.86 bits per heavy atom. The molecule has 0 aliphatic heterocycles. The van der Waals surface area contributed by atoms with Gasteiger partial charge in [-0.25, -0.2) is 9.59 Å². The molecule has 2 aromatic rings. The molecule has 22 heavy (non-hydrogen) atoms. The zero-order valence-corrected chi connectivity index (χ0v) is 13.3. The second-order valence-electron chi connectivity index (χ2n) is 4.61. The molecule has 0 saturated heterocycles. The number of aryl methyl sites for hydroxylation is 1. The molecule has 0 aliphatic rings. The molecular formula is C16H18N2O3S. The van der Waals surface area contributed by atoms with Gasteiger partial charge in [-0.05, 0) is 18.9 Å². The maximum Gasteiger partial charge on any atom is 0.339 e. The number of rotatable bonds is 5. The summed E-state index contributed by atoms with van der Waals surface area (Å²) in [7, 11) is 0. The number of carbonyl (C=O) groups excluding carboxylic acids is 1. The summed E-state index contributed by atoms with van der Waals surface area (Å²) in [5.74, 6) is -1.04. The van der Waals surface area contributed by atoms with Crippen LogP contribution in [0, 0.1) is 0 Å². The van der Waals surface area contributed by atoms with Crippen molar-refractivity contribution >= 4 is 28.3 Å². The third-order valence-electron chi connectivity index (χ3n) is 3.14. The standard InChI is InChI=1S/C16H18N2O3S/c1-3-11-12(10-8-6-5-7-9-10)13(15(19)20)14(22-11)18-16(21)17-4-2/h5-9H,3-4H2,1-2H3,(H,19,20)(H2,17,18,21). The lowest BCUT2D eigenvalue weighted by atomic mass is 10.0. The van der Waals surface area contributed by atoms with Crippen LogP contribution in [0.1, 0.15) is 29.1 Å². The average Bonchev–Trinajstić information content (AvgIpc) is 2.86. The predicted molar refractivity (Wildman–Crippen MR) is 88.8 cm³/mol. The summed E-state index contributed by atoms with van der Waals surface area (Å²) in [5, 5.41) is 15.2. The van der Waals surface area contributed by atoms with Crippen molar-refractivity contribution in [3.63, 3.8) is 0 Å². The van der Waals surface area contributed by atoms with Gasteiger partial charge in [-0.1, -0.05) is 37.3 Å². The van der Waals surface area contributed by atoms with Crippen LogP contribution in [0.2, 0.25) is 0 Å². The normalized spacial score (nSPS) is 10.3. The third kappa shape index (κ3) is 3.28. The van der Waals surface area contributed by atoms with Gasteiger partial charge in [-0.2, -0.15) is 0 Å². The average molecular weight is 318 g/mol. The maximum absolute atomic E-state index is 11.7. The van der Waals surface area contributed by atoms with Crippen LogP contribution in [0.4, 0.5) is 9.80 Å². The van der Waals surface area contributed by atoms with Crippen LogP contribution in [-0.4, -0.2) is 23.7 Å². The molecule has 0 fully saturated rings. The van der Waals surface area contributed by atoms with Crippen molar-refractivity contribution in [2.24, 2.45) is 0 Å². The van der Waals surface area contributed by atoms with Crippen molar-refractivity contribution in [1.29, 1.82) is 0 Å². The van der Waals surface area contributed by atoms with E-state index < -0.39 is 12.0 Å².